The first-order valence-corrected chi connectivity index (χ1v) is 9.59. The zero-order chi connectivity index (χ0) is 16.1. The lowest BCUT2D eigenvalue weighted by Crippen LogP contribution is -2.50. The van der Waals surface area contributed by atoms with Crippen LogP contribution in [0.5, 0.6) is 0 Å². The van der Waals surface area contributed by atoms with Gasteiger partial charge in [0.1, 0.15) is 0 Å². The van der Waals surface area contributed by atoms with Gasteiger partial charge >= 0.3 is 6.03 Å². The Labute approximate surface area is 139 Å². The highest BCUT2D eigenvalue weighted by atomic mass is 16.5. The molecule has 1 heterocycles. The fraction of sp³-hybridized carbons (Fsp3) is 0.944. The molecule has 132 valence electrons. The molecule has 3 rings (SSSR count). The molecule has 5 heteroatoms. The Morgan fingerprint density at radius 2 is 1.48 bits per heavy atom. The van der Waals surface area contributed by atoms with Crippen molar-refractivity contribution in [2.75, 3.05) is 13.1 Å². The van der Waals surface area contributed by atoms with Gasteiger partial charge in [-0.05, 0) is 51.4 Å². The van der Waals surface area contributed by atoms with Gasteiger partial charge in [-0.2, -0.15) is 0 Å². The van der Waals surface area contributed by atoms with E-state index in [2.05, 4.69) is 5.32 Å². The van der Waals surface area contributed by atoms with Crippen molar-refractivity contribution in [2.24, 2.45) is 0 Å². The van der Waals surface area contributed by atoms with Crippen LogP contribution in [-0.4, -0.2) is 53.5 Å². The van der Waals surface area contributed by atoms with Crippen LogP contribution in [0, 0.1) is 0 Å². The number of ether oxygens (including phenoxy) is 1. The zero-order valence-electron chi connectivity index (χ0n) is 14.2. The van der Waals surface area contributed by atoms with Crippen molar-refractivity contribution in [3.63, 3.8) is 0 Å². The molecule has 2 amide bonds. The lowest BCUT2D eigenvalue weighted by molar-refractivity contribution is -0.0515. The Morgan fingerprint density at radius 1 is 0.870 bits per heavy atom. The van der Waals surface area contributed by atoms with E-state index in [1.165, 1.54) is 32.1 Å². The number of rotatable bonds is 3. The second-order valence-corrected chi connectivity index (χ2v) is 7.54. The Kier molecular flexibility index (Phi) is 6.17. The summed E-state index contributed by atoms with van der Waals surface area (Å²) in [5, 5.41) is 12.7. The number of nitrogens with one attached hydrogen (secondary N) is 1. The molecule has 0 spiro atoms. The van der Waals surface area contributed by atoms with Gasteiger partial charge in [-0.25, -0.2) is 4.79 Å². The maximum Gasteiger partial charge on any atom is 0.317 e. The normalized spacial score (nSPS) is 31.1. The van der Waals surface area contributed by atoms with Gasteiger partial charge in [-0.15, -0.1) is 0 Å². The van der Waals surface area contributed by atoms with E-state index in [-0.39, 0.29) is 18.2 Å². The Morgan fingerprint density at radius 3 is 2.13 bits per heavy atom. The number of nitrogens with zero attached hydrogens (tertiary/aromatic N) is 1. The summed E-state index contributed by atoms with van der Waals surface area (Å²) in [6, 6.07) is 0.310. The van der Waals surface area contributed by atoms with Crippen molar-refractivity contribution in [1.29, 1.82) is 0 Å². The number of amides is 2. The van der Waals surface area contributed by atoms with Gasteiger partial charge in [0, 0.05) is 19.1 Å². The molecule has 0 aromatic carbocycles. The number of piperidine rings is 1. The predicted molar refractivity (Wildman–Crippen MR) is 89.3 cm³/mol. The van der Waals surface area contributed by atoms with Crippen molar-refractivity contribution in [1.82, 2.24) is 10.2 Å². The molecule has 0 aromatic rings. The molecule has 0 unspecified atom stereocenters. The number of urea groups is 1. The Hall–Kier alpha value is -0.810. The standard InChI is InChI=1S/C18H32N2O3/c21-15-8-6-14(7-9-15)19-18(22)20-12-10-17(11-13-20)23-16-4-2-1-3-5-16/h14-17,21H,1-13H2,(H,19,22). The highest BCUT2D eigenvalue weighted by molar-refractivity contribution is 5.74. The van der Waals surface area contributed by atoms with E-state index in [4.69, 9.17) is 4.74 Å². The molecule has 1 aliphatic heterocycles. The summed E-state index contributed by atoms with van der Waals surface area (Å²) >= 11 is 0. The Balaban J connectivity index is 1.35. The van der Waals surface area contributed by atoms with Crippen LogP contribution in [-0.2, 0) is 4.74 Å². The lowest BCUT2D eigenvalue weighted by Gasteiger charge is -2.36. The van der Waals surface area contributed by atoms with E-state index in [1.807, 2.05) is 4.90 Å². The van der Waals surface area contributed by atoms with Gasteiger partial charge in [-0.3, -0.25) is 0 Å². The molecule has 23 heavy (non-hydrogen) atoms. The number of carbonyl (C=O) groups excluding carboxylic acids is 1. The first kappa shape index (κ1) is 17.0. The van der Waals surface area contributed by atoms with Crippen molar-refractivity contribution in [2.45, 2.75) is 95.0 Å². The van der Waals surface area contributed by atoms with Gasteiger partial charge in [0.25, 0.3) is 0 Å². The van der Waals surface area contributed by atoms with Gasteiger partial charge < -0.3 is 20.1 Å². The largest absolute Gasteiger partial charge is 0.393 e. The van der Waals surface area contributed by atoms with E-state index in [0.29, 0.717) is 12.2 Å². The highest BCUT2D eigenvalue weighted by Crippen LogP contribution is 2.25. The molecule has 2 N–H and O–H groups in total. The number of hydrogen-bond donors (Lipinski definition) is 2. The molecule has 0 aromatic heterocycles. The molecule has 5 nitrogen and oxygen atoms in total. The van der Waals surface area contributed by atoms with Crippen molar-refractivity contribution >= 4 is 6.03 Å². The minimum atomic E-state index is -0.171. The second kappa shape index (κ2) is 8.34. The third kappa shape index (κ3) is 5.08. The first-order chi connectivity index (χ1) is 11.2. The fourth-order valence-electron chi connectivity index (χ4n) is 4.15. The summed E-state index contributed by atoms with van der Waals surface area (Å²) in [6.07, 6.45) is 12.4. The maximum atomic E-state index is 12.4. The van der Waals surface area contributed by atoms with E-state index in [1.54, 1.807) is 0 Å². The van der Waals surface area contributed by atoms with E-state index in [0.717, 1.165) is 51.6 Å². The smallest absolute Gasteiger partial charge is 0.317 e. The third-order valence-corrected chi connectivity index (χ3v) is 5.69. The number of aliphatic hydroxyl groups excluding tert-OH is 1. The molecular formula is C18H32N2O3. The van der Waals surface area contributed by atoms with E-state index < -0.39 is 0 Å². The average molecular weight is 324 g/mol. The molecule has 0 radical (unpaired) electrons. The van der Waals surface area contributed by atoms with Crippen molar-refractivity contribution in [3.8, 4) is 0 Å². The van der Waals surface area contributed by atoms with Crippen LogP contribution in [0.2, 0.25) is 0 Å². The molecule has 3 aliphatic rings. The van der Waals surface area contributed by atoms with Crippen LogP contribution >= 0.6 is 0 Å². The SMILES string of the molecule is O=C(NC1CCC(O)CC1)N1CCC(OC2CCCCC2)CC1. The molecular weight excluding hydrogens is 292 g/mol. The first-order valence-electron chi connectivity index (χ1n) is 9.59. The minimum Gasteiger partial charge on any atom is -0.393 e. The van der Waals surface area contributed by atoms with Gasteiger partial charge in [-0.1, -0.05) is 19.3 Å². The zero-order valence-corrected chi connectivity index (χ0v) is 14.2. The van der Waals surface area contributed by atoms with E-state index >= 15 is 0 Å². The Bertz CT molecular complexity index is 368. The van der Waals surface area contributed by atoms with Crippen LogP contribution in [0.1, 0.15) is 70.6 Å². The lowest BCUT2D eigenvalue weighted by atomic mass is 9.93. The summed E-state index contributed by atoms with van der Waals surface area (Å²) < 4.78 is 6.24. The number of hydrogen-bond acceptors (Lipinski definition) is 3. The average Bonchev–Trinajstić information content (AvgIpc) is 2.58. The van der Waals surface area contributed by atoms with Crippen LogP contribution < -0.4 is 5.32 Å². The van der Waals surface area contributed by atoms with Crippen LogP contribution in [0.15, 0.2) is 0 Å². The van der Waals surface area contributed by atoms with Crippen LogP contribution in [0.4, 0.5) is 4.79 Å². The van der Waals surface area contributed by atoms with Gasteiger partial charge in [0.15, 0.2) is 0 Å². The molecule has 3 fully saturated rings. The number of aliphatic hydroxyl groups is 1. The molecule has 2 aliphatic carbocycles. The highest BCUT2D eigenvalue weighted by Gasteiger charge is 2.28. The summed E-state index contributed by atoms with van der Waals surface area (Å²) in [7, 11) is 0. The predicted octanol–water partition coefficient (Wildman–Crippen LogP) is 2.81. The monoisotopic (exact) mass is 324 g/mol. The summed E-state index contributed by atoms with van der Waals surface area (Å²) in [4.78, 5) is 14.3. The van der Waals surface area contributed by atoms with Crippen LogP contribution in [0.3, 0.4) is 0 Å². The fourth-order valence-corrected chi connectivity index (χ4v) is 4.15. The quantitative estimate of drug-likeness (QED) is 0.839. The van der Waals surface area contributed by atoms with Crippen molar-refractivity contribution in [3.05, 3.63) is 0 Å². The maximum absolute atomic E-state index is 12.4. The molecule has 1 saturated heterocycles. The second-order valence-electron chi connectivity index (χ2n) is 7.54. The van der Waals surface area contributed by atoms with Crippen LogP contribution in [0.25, 0.3) is 0 Å². The molecule has 0 bridgehead atoms. The third-order valence-electron chi connectivity index (χ3n) is 5.69. The number of carbonyl (C=O) groups is 1. The topological polar surface area (TPSA) is 61.8 Å². The van der Waals surface area contributed by atoms with E-state index in [9.17, 15) is 9.90 Å². The number of likely N-dealkylation sites (tertiary alicyclic amines) is 1. The molecule has 2 saturated carbocycles. The van der Waals surface area contributed by atoms with Crippen molar-refractivity contribution < 1.29 is 14.6 Å². The summed E-state index contributed by atoms with van der Waals surface area (Å²) in [5.41, 5.74) is 0. The molecule has 0 atom stereocenters. The van der Waals surface area contributed by atoms with Gasteiger partial charge in [0.05, 0.1) is 18.3 Å². The van der Waals surface area contributed by atoms with Gasteiger partial charge in [0.2, 0.25) is 0 Å². The minimum absolute atomic E-state index is 0.0718. The summed E-state index contributed by atoms with van der Waals surface area (Å²) in [6.45, 7) is 1.61. The summed E-state index contributed by atoms with van der Waals surface area (Å²) in [5.74, 6) is 0.